The van der Waals surface area contributed by atoms with E-state index in [-0.39, 0.29) is 24.9 Å². The molecule has 28 heavy (non-hydrogen) atoms. The maximum absolute atomic E-state index is 12.3. The van der Waals surface area contributed by atoms with E-state index in [0.29, 0.717) is 5.69 Å². The standard InChI is InChI=1S/C21H25BrN4O2/c1-25(15-21(28)24-19-7-3-2-6-18(19)22)14-20(27)23-16-8-10-17(11-9-16)26-12-4-5-13-26/h2-3,6-11H,4-5,12-15H2,1H3,(H,23,27)(H,24,28). The van der Waals surface area contributed by atoms with Gasteiger partial charge in [-0.15, -0.1) is 0 Å². The van der Waals surface area contributed by atoms with Crippen molar-refractivity contribution in [3.63, 3.8) is 0 Å². The number of benzene rings is 2. The monoisotopic (exact) mass is 444 g/mol. The Bertz CT molecular complexity index is 819. The number of anilines is 3. The maximum Gasteiger partial charge on any atom is 0.238 e. The van der Waals surface area contributed by atoms with Gasteiger partial charge in [-0.2, -0.15) is 0 Å². The summed E-state index contributed by atoms with van der Waals surface area (Å²) in [6.07, 6.45) is 2.47. The van der Waals surface area contributed by atoms with Crippen molar-refractivity contribution in [1.29, 1.82) is 0 Å². The lowest BCUT2D eigenvalue weighted by Crippen LogP contribution is -2.36. The van der Waals surface area contributed by atoms with E-state index in [1.54, 1.807) is 11.9 Å². The van der Waals surface area contributed by atoms with Crippen molar-refractivity contribution in [3.8, 4) is 0 Å². The third-order valence-electron chi connectivity index (χ3n) is 4.60. The van der Waals surface area contributed by atoms with Crippen LogP contribution in [0.2, 0.25) is 0 Å². The van der Waals surface area contributed by atoms with Crippen LogP contribution in [0.15, 0.2) is 53.0 Å². The molecule has 2 N–H and O–H groups in total. The fourth-order valence-electron chi connectivity index (χ4n) is 3.23. The molecule has 0 aromatic heterocycles. The van der Waals surface area contributed by atoms with Crippen LogP contribution in [-0.4, -0.2) is 49.9 Å². The maximum atomic E-state index is 12.3. The van der Waals surface area contributed by atoms with E-state index < -0.39 is 0 Å². The van der Waals surface area contributed by atoms with Crippen molar-refractivity contribution in [2.75, 3.05) is 48.8 Å². The average molecular weight is 445 g/mol. The summed E-state index contributed by atoms with van der Waals surface area (Å²) in [6.45, 7) is 2.45. The van der Waals surface area contributed by atoms with Crippen LogP contribution in [0.4, 0.5) is 17.1 Å². The van der Waals surface area contributed by atoms with E-state index >= 15 is 0 Å². The number of para-hydroxylation sites is 1. The Morgan fingerprint density at radius 1 is 0.964 bits per heavy atom. The third kappa shape index (κ3) is 5.81. The van der Waals surface area contributed by atoms with E-state index in [2.05, 4.69) is 31.5 Å². The van der Waals surface area contributed by atoms with Crippen molar-refractivity contribution < 1.29 is 9.59 Å². The molecule has 0 radical (unpaired) electrons. The highest BCUT2D eigenvalue weighted by atomic mass is 79.9. The predicted octanol–water partition coefficient (Wildman–Crippen LogP) is 3.56. The Hall–Kier alpha value is -2.38. The van der Waals surface area contributed by atoms with Crippen molar-refractivity contribution >= 4 is 44.8 Å². The van der Waals surface area contributed by atoms with E-state index in [1.807, 2.05) is 48.5 Å². The van der Waals surface area contributed by atoms with Crippen LogP contribution < -0.4 is 15.5 Å². The van der Waals surface area contributed by atoms with Gasteiger partial charge in [0.25, 0.3) is 0 Å². The molecule has 2 aromatic rings. The predicted molar refractivity (Wildman–Crippen MR) is 117 cm³/mol. The molecule has 2 aromatic carbocycles. The molecule has 1 fully saturated rings. The van der Waals surface area contributed by atoms with Crippen molar-refractivity contribution in [2.24, 2.45) is 0 Å². The van der Waals surface area contributed by atoms with Gasteiger partial charge in [0.05, 0.1) is 18.8 Å². The molecule has 148 valence electrons. The average Bonchev–Trinajstić information content (AvgIpc) is 3.18. The number of carbonyl (C=O) groups excluding carboxylic acids is 2. The molecule has 2 amide bonds. The summed E-state index contributed by atoms with van der Waals surface area (Å²) in [4.78, 5) is 28.5. The number of likely N-dealkylation sites (N-methyl/N-ethyl adjacent to an activating group) is 1. The van der Waals surface area contributed by atoms with Crippen LogP contribution in [0.1, 0.15) is 12.8 Å². The summed E-state index contributed by atoms with van der Waals surface area (Å²) in [6, 6.07) is 15.3. The highest BCUT2D eigenvalue weighted by Crippen LogP contribution is 2.22. The van der Waals surface area contributed by atoms with Gasteiger partial charge in [-0.3, -0.25) is 14.5 Å². The first-order chi connectivity index (χ1) is 13.5. The summed E-state index contributed by atoms with van der Waals surface area (Å²) in [5.41, 5.74) is 2.67. The van der Waals surface area contributed by atoms with Crippen molar-refractivity contribution in [2.45, 2.75) is 12.8 Å². The van der Waals surface area contributed by atoms with E-state index in [9.17, 15) is 9.59 Å². The second-order valence-corrected chi connectivity index (χ2v) is 7.84. The summed E-state index contributed by atoms with van der Waals surface area (Å²) < 4.78 is 0.820. The lowest BCUT2D eigenvalue weighted by molar-refractivity contribution is -0.119. The number of hydrogen-bond donors (Lipinski definition) is 2. The fraction of sp³-hybridized carbons (Fsp3) is 0.333. The summed E-state index contributed by atoms with van der Waals surface area (Å²) in [5, 5.41) is 5.72. The zero-order valence-electron chi connectivity index (χ0n) is 16.0. The van der Waals surface area contributed by atoms with Gasteiger partial charge in [-0.1, -0.05) is 12.1 Å². The van der Waals surface area contributed by atoms with E-state index in [4.69, 9.17) is 0 Å². The zero-order chi connectivity index (χ0) is 19.9. The van der Waals surface area contributed by atoms with Gasteiger partial charge >= 0.3 is 0 Å². The number of rotatable bonds is 7. The molecule has 1 saturated heterocycles. The quantitative estimate of drug-likeness (QED) is 0.684. The van der Waals surface area contributed by atoms with Crippen LogP contribution in [0.25, 0.3) is 0 Å². The van der Waals surface area contributed by atoms with Gasteiger partial charge in [-0.05, 0) is 72.2 Å². The number of carbonyl (C=O) groups is 2. The van der Waals surface area contributed by atoms with Gasteiger partial charge in [0.15, 0.2) is 0 Å². The first-order valence-electron chi connectivity index (χ1n) is 9.39. The molecule has 3 rings (SSSR count). The number of nitrogens with zero attached hydrogens (tertiary/aromatic N) is 2. The number of amides is 2. The molecule has 0 aliphatic carbocycles. The minimum Gasteiger partial charge on any atom is -0.372 e. The molecule has 1 aliphatic heterocycles. The fourth-order valence-corrected chi connectivity index (χ4v) is 3.61. The van der Waals surface area contributed by atoms with Gasteiger partial charge in [0.2, 0.25) is 11.8 Å². The molecule has 1 aliphatic rings. The number of nitrogens with one attached hydrogen (secondary N) is 2. The second kappa shape index (κ2) is 9.71. The number of hydrogen-bond acceptors (Lipinski definition) is 4. The number of halogens is 1. The Labute approximate surface area is 174 Å². The van der Waals surface area contributed by atoms with Crippen LogP contribution in [0.3, 0.4) is 0 Å². The molecule has 6 nitrogen and oxygen atoms in total. The minimum atomic E-state index is -0.169. The smallest absolute Gasteiger partial charge is 0.238 e. The van der Waals surface area contributed by atoms with Crippen LogP contribution in [-0.2, 0) is 9.59 Å². The van der Waals surface area contributed by atoms with Gasteiger partial charge in [0, 0.05) is 28.9 Å². The molecule has 0 unspecified atom stereocenters. The summed E-state index contributed by atoms with van der Waals surface area (Å²) in [5.74, 6) is -0.317. The van der Waals surface area contributed by atoms with Gasteiger partial charge < -0.3 is 15.5 Å². The summed E-state index contributed by atoms with van der Waals surface area (Å²) >= 11 is 3.40. The highest BCUT2D eigenvalue weighted by molar-refractivity contribution is 9.10. The Balaban J connectivity index is 1.44. The van der Waals surface area contributed by atoms with Crippen molar-refractivity contribution in [3.05, 3.63) is 53.0 Å². The zero-order valence-corrected chi connectivity index (χ0v) is 17.5. The SMILES string of the molecule is CN(CC(=O)Nc1ccc(N2CCCC2)cc1)CC(=O)Nc1ccccc1Br. The molecular weight excluding hydrogens is 420 g/mol. The molecule has 0 atom stereocenters. The van der Waals surface area contributed by atoms with Gasteiger partial charge in [-0.25, -0.2) is 0 Å². The normalized spacial score (nSPS) is 13.6. The highest BCUT2D eigenvalue weighted by Gasteiger charge is 2.14. The van der Waals surface area contributed by atoms with Crippen LogP contribution in [0.5, 0.6) is 0 Å². The molecule has 0 spiro atoms. The molecule has 1 heterocycles. The lowest BCUT2D eigenvalue weighted by Gasteiger charge is -2.18. The lowest BCUT2D eigenvalue weighted by atomic mass is 10.2. The van der Waals surface area contributed by atoms with Crippen LogP contribution >= 0.6 is 15.9 Å². The van der Waals surface area contributed by atoms with Crippen molar-refractivity contribution in [1.82, 2.24) is 4.90 Å². The Morgan fingerprint density at radius 2 is 1.57 bits per heavy atom. The summed E-state index contributed by atoms with van der Waals surface area (Å²) in [7, 11) is 1.75. The largest absolute Gasteiger partial charge is 0.372 e. The Kier molecular flexibility index (Phi) is 7.06. The van der Waals surface area contributed by atoms with E-state index in [0.717, 1.165) is 23.2 Å². The molecular formula is C21H25BrN4O2. The topological polar surface area (TPSA) is 64.7 Å². The molecule has 0 saturated carbocycles. The molecule has 7 heteroatoms. The third-order valence-corrected chi connectivity index (χ3v) is 5.29. The van der Waals surface area contributed by atoms with Crippen LogP contribution in [0, 0.1) is 0 Å². The van der Waals surface area contributed by atoms with E-state index in [1.165, 1.54) is 18.5 Å². The van der Waals surface area contributed by atoms with Gasteiger partial charge in [0.1, 0.15) is 0 Å². The molecule has 0 bridgehead atoms. The first-order valence-corrected chi connectivity index (χ1v) is 10.2. The second-order valence-electron chi connectivity index (χ2n) is 6.99. The Morgan fingerprint density at radius 3 is 2.21 bits per heavy atom. The minimum absolute atomic E-state index is 0.128. The first kappa shape index (κ1) is 20.4.